The fourth-order valence-corrected chi connectivity index (χ4v) is 3.06. The molecule has 0 radical (unpaired) electrons. The van der Waals surface area contributed by atoms with Crippen LogP contribution in [0.5, 0.6) is 17.8 Å². The summed E-state index contributed by atoms with van der Waals surface area (Å²) >= 11 is 0. The number of sulfonamides is 1. The molecule has 0 fully saturated rings. The van der Waals surface area contributed by atoms with Crippen molar-refractivity contribution in [1.82, 2.24) is 29.6 Å². The first kappa shape index (κ1) is 26.5. The molecule has 2 heterocycles. The number of alkyl halides is 6. The molecule has 0 saturated carbocycles. The highest BCUT2D eigenvalue weighted by Crippen LogP contribution is 2.31. The third kappa shape index (κ3) is 8.01. The molecule has 0 bridgehead atoms. The molecule has 13 nitrogen and oxygen atoms in total. The van der Waals surface area contributed by atoms with Gasteiger partial charge in [-0.3, -0.25) is 5.32 Å². The van der Waals surface area contributed by atoms with E-state index in [4.69, 9.17) is 4.74 Å². The van der Waals surface area contributed by atoms with E-state index < -0.39 is 64.2 Å². The van der Waals surface area contributed by atoms with E-state index in [9.17, 15) is 39.6 Å². The quantitative estimate of drug-likeness (QED) is 0.482. The standard InChI is InChI=1S/C14H13F6N7O6S/c1-6-23-10(26-12(24-6)31-2)25-11(28)27-34(29,30)7-8(32-3-13(15,16)17)21-5-22-9(7)33-4-14(18,19)20/h5H,3-4H2,1-2H3,(H2,23,24,25,26,27,28). The van der Waals surface area contributed by atoms with E-state index in [0.29, 0.717) is 6.33 Å². The van der Waals surface area contributed by atoms with E-state index in [2.05, 4.69) is 34.4 Å². The van der Waals surface area contributed by atoms with Gasteiger partial charge in [-0.25, -0.2) is 27.9 Å². The highest BCUT2D eigenvalue weighted by Gasteiger charge is 2.36. The molecule has 2 aromatic rings. The number of nitrogens with one attached hydrogen (secondary N) is 2. The fourth-order valence-electron chi connectivity index (χ4n) is 1.98. The number of hydrogen-bond donors (Lipinski definition) is 2. The second-order valence-electron chi connectivity index (χ2n) is 5.87. The molecule has 0 aliphatic heterocycles. The number of nitrogens with zero attached hydrogens (tertiary/aromatic N) is 5. The first-order valence-corrected chi connectivity index (χ1v) is 9.92. The van der Waals surface area contributed by atoms with Crippen LogP contribution in [0.25, 0.3) is 0 Å². The number of carbonyl (C=O) groups is 1. The highest BCUT2D eigenvalue weighted by molar-refractivity contribution is 7.90. The van der Waals surface area contributed by atoms with E-state index in [1.807, 2.05) is 5.32 Å². The molecule has 0 atom stereocenters. The predicted molar refractivity (Wildman–Crippen MR) is 95.6 cm³/mol. The summed E-state index contributed by atoms with van der Waals surface area (Å²) in [5.41, 5.74) is 0. The summed E-state index contributed by atoms with van der Waals surface area (Å²) in [4.78, 5) is 28.0. The minimum atomic E-state index is -5.28. The summed E-state index contributed by atoms with van der Waals surface area (Å²) in [5.74, 6) is -3.11. The molecule has 20 heteroatoms. The zero-order chi connectivity index (χ0) is 25.7. The van der Waals surface area contributed by atoms with Gasteiger partial charge >= 0.3 is 24.4 Å². The topological polar surface area (TPSA) is 167 Å². The Kier molecular flexibility index (Phi) is 7.85. The smallest absolute Gasteiger partial charge is 0.422 e. The lowest BCUT2D eigenvalue weighted by Crippen LogP contribution is -2.36. The molecule has 2 rings (SSSR count). The van der Waals surface area contributed by atoms with Gasteiger partial charge < -0.3 is 14.2 Å². The van der Waals surface area contributed by atoms with E-state index in [0.717, 1.165) is 0 Å². The predicted octanol–water partition coefficient (Wildman–Crippen LogP) is 1.37. The SMILES string of the molecule is COc1nc(C)nc(NC(=O)NS(=O)(=O)c2c(OCC(F)(F)F)ncnc2OCC(F)(F)F)n1. The maximum atomic E-state index is 12.7. The van der Waals surface area contributed by atoms with Crippen molar-refractivity contribution < 1.29 is 53.8 Å². The maximum Gasteiger partial charge on any atom is 0.422 e. The normalized spacial score (nSPS) is 12.1. The van der Waals surface area contributed by atoms with Gasteiger partial charge in [0.2, 0.25) is 22.6 Å². The maximum absolute atomic E-state index is 12.7. The van der Waals surface area contributed by atoms with Gasteiger partial charge in [-0.2, -0.15) is 41.3 Å². The third-order valence-electron chi connectivity index (χ3n) is 3.11. The summed E-state index contributed by atoms with van der Waals surface area (Å²) in [6, 6.07) is -1.83. The van der Waals surface area contributed by atoms with Gasteiger partial charge in [0.25, 0.3) is 10.0 Å². The lowest BCUT2D eigenvalue weighted by molar-refractivity contribution is -0.155. The summed E-state index contributed by atoms with van der Waals surface area (Å²) in [7, 11) is -4.09. The molecule has 2 aromatic heterocycles. The van der Waals surface area contributed by atoms with Crippen LogP contribution in [0.15, 0.2) is 11.2 Å². The van der Waals surface area contributed by atoms with Crippen LogP contribution in [0.2, 0.25) is 0 Å². The van der Waals surface area contributed by atoms with Crippen molar-refractivity contribution in [3.05, 3.63) is 12.2 Å². The van der Waals surface area contributed by atoms with E-state index in [-0.39, 0.29) is 11.8 Å². The lowest BCUT2D eigenvalue weighted by atomic mass is 10.5. The summed E-state index contributed by atoms with van der Waals surface area (Å²) in [5, 5.41) is 1.88. The molecule has 188 valence electrons. The first-order chi connectivity index (χ1) is 15.6. The highest BCUT2D eigenvalue weighted by atomic mass is 32.2. The molecular weight excluding hydrogens is 508 g/mol. The number of amides is 2. The number of methoxy groups -OCH3 is 1. The van der Waals surface area contributed by atoms with Crippen molar-refractivity contribution in [1.29, 1.82) is 0 Å². The Bertz CT molecular complexity index is 1110. The van der Waals surface area contributed by atoms with Gasteiger partial charge in [-0.05, 0) is 6.92 Å². The fraction of sp³-hybridized carbons (Fsp3) is 0.429. The number of ether oxygens (including phenoxy) is 3. The Morgan fingerprint density at radius 2 is 1.50 bits per heavy atom. The zero-order valence-corrected chi connectivity index (χ0v) is 17.7. The number of hydrogen-bond acceptors (Lipinski definition) is 11. The van der Waals surface area contributed by atoms with Crippen molar-refractivity contribution in [2.45, 2.75) is 24.2 Å². The zero-order valence-electron chi connectivity index (χ0n) is 16.9. The summed E-state index contributed by atoms with van der Waals surface area (Å²) < 4.78 is 115. The number of urea groups is 1. The first-order valence-electron chi connectivity index (χ1n) is 8.44. The van der Waals surface area contributed by atoms with Crippen LogP contribution in [0.1, 0.15) is 5.82 Å². The molecular formula is C14H13F6N7O6S. The van der Waals surface area contributed by atoms with E-state index >= 15 is 0 Å². The molecule has 2 N–H and O–H groups in total. The van der Waals surface area contributed by atoms with E-state index in [1.54, 1.807) is 0 Å². The Morgan fingerprint density at radius 3 is 1.97 bits per heavy atom. The molecule has 0 aliphatic carbocycles. The van der Waals surface area contributed by atoms with Crippen LogP contribution < -0.4 is 24.2 Å². The van der Waals surface area contributed by atoms with Crippen LogP contribution in [-0.2, 0) is 10.0 Å². The second kappa shape index (κ2) is 10.1. The van der Waals surface area contributed by atoms with Crippen LogP contribution in [-0.4, -0.2) is 72.0 Å². The monoisotopic (exact) mass is 521 g/mol. The minimum Gasteiger partial charge on any atom is -0.467 e. The largest absolute Gasteiger partial charge is 0.467 e. The van der Waals surface area contributed by atoms with Gasteiger partial charge in [-0.1, -0.05) is 0 Å². The number of aromatic nitrogens is 5. The third-order valence-corrected chi connectivity index (χ3v) is 4.45. The van der Waals surface area contributed by atoms with Gasteiger partial charge in [0.05, 0.1) is 7.11 Å². The molecule has 34 heavy (non-hydrogen) atoms. The van der Waals surface area contributed by atoms with Gasteiger partial charge in [0.1, 0.15) is 12.2 Å². The van der Waals surface area contributed by atoms with Crippen molar-refractivity contribution in [2.24, 2.45) is 0 Å². The Morgan fingerprint density at radius 1 is 0.971 bits per heavy atom. The van der Waals surface area contributed by atoms with Crippen molar-refractivity contribution in [3.8, 4) is 17.8 Å². The molecule has 0 unspecified atom stereocenters. The lowest BCUT2D eigenvalue weighted by Gasteiger charge is -2.16. The van der Waals surface area contributed by atoms with Crippen LogP contribution >= 0.6 is 0 Å². The second-order valence-corrected chi connectivity index (χ2v) is 7.49. The molecule has 0 saturated heterocycles. The van der Waals surface area contributed by atoms with Crippen molar-refractivity contribution in [2.75, 3.05) is 25.6 Å². The number of halogens is 6. The van der Waals surface area contributed by atoms with Gasteiger partial charge in [-0.15, -0.1) is 0 Å². The van der Waals surface area contributed by atoms with Crippen LogP contribution in [0.3, 0.4) is 0 Å². The van der Waals surface area contributed by atoms with Crippen molar-refractivity contribution >= 4 is 22.0 Å². The molecule has 0 aliphatic rings. The Balaban J connectivity index is 2.38. The summed E-state index contributed by atoms with van der Waals surface area (Å²) in [6.07, 6.45) is -9.55. The number of aryl methyl sites for hydroxylation is 1. The average Bonchev–Trinajstić information content (AvgIpc) is 2.68. The molecule has 0 aromatic carbocycles. The number of anilines is 1. The van der Waals surface area contributed by atoms with Crippen molar-refractivity contribution in [3.63, 3.8) is 0 Å². The minimum absolute atomic E-state index is 0.0483. The Hall–Kier alpha value is -3.71. The van der Waals surface area contributed by atoms with Gasteiger partial charge in [0, 0.05) is 0 Å². The summed E-state index contributed by atoms with van der Waals surface area (Å²) in [6.45, 7) is -2.76. The number of rotatable bonds is 8. The van der Waals surface area contributed by atoms with Crippen LogP contribution in [0.4, 0.5) is 37.1 Å². The van der Waals surface area contributed by atoms with E-state index in [1.165, 1.54) is 18.8 Å². The molecule has 2 amide bonds. The Labute approximate surface area is 185 Å². The number of carbonyl (C=O) groups excluding carboxylic acids is 1. The molecule has 0 spiro atoms. The average molecular weight is 521 g/mol. The van der Waals surface area contributed by atoms with Gasteiger partial charge in [0.15, 0.2) is 13.2 Å². The van der Waals surface area contributed by atoms with Crippen LogP contribution in [0, 0.1) is 6.92 Å².